The van der Waals surface area contributed by atoms with Gasteiger partial charge in [-0.05, 0) is 24.6 Å². The Bertz CT molecular complexity index is 532. The number of hydrogen-bond donors (Lipinski definition) is 1. The molecule has 1 aliphatic heterocycles. The minimum absolute atomic E-state index is 0.448. The molecule has 2 atom stereocenters. The summed E-state index contributed by atoms with van der Waals surface area (Å²) in [4.78, 5) is 23.3. The molecule has 0 radical (unpaired) electrons. The highest BCUT2D eigenvalue weighted by atomic mass is 35.5. The first-order valence-electron chi connectivity index (χ1n) is 5.01. The summed E-state index contributed by atoms with van der Waals surface area (Å²) in [5.41, 5.74) is -0.534. The van der Waals surface area contributed by atoms with E-state index in [1.165, 1.54) is 0 Å². The highest BCUT2D eigenvalue weighted by Gasteiger charge is 2.53. The van der Waals surface area contributed by atoms with Gasteiger partial charge >= 0.3 is 0 Å². The highest BCUT2D eigenvalue weighted by molar-refractivity contribution is 6.30. The molecule has 2 amide bonds. The lowest BCUT2D eigenvalue weighted by Crippen LogP contribution is -2.36. The van der Waals surface area contributed by atoms with Crippen LogP contribution in [0, 0.1) is 17.2 Å². The fraction of sp³-hybridized carbons (Fsp3) is 0.250. The van der Waals surface area contributed by atoms with Gasteiger partial charge in [0, 0.05) is 5.02 Å². The number of imide groups is 1. The van der Waals surface area contributed by atoms with E-state index in [1.54, 1.807) is 31.2 Å². The first-order valence-corrected chi connectivity index (χ1v) is 5.39. The van der Waals surface area contributed by atoms with Crippen molar-refractivity contribution in [3.63, 3.8) is 0 Å². The second-order valence-electron chi connectivity index (χ2n) is 4.09. The van der Waals surface area contributed by atoms with E-state index in [1.807, 2.05) is 6.07 Å². The third-order valence-electron chi connectivity index (χ3n) is 3.12. The molecule has 0 aromatic heterocycles. The Morgan fingerprint density at radius 1 is 1.35 bits per heavy atom. The van der Waals surface area contributed by atoms with Crippen LogP contribution in [0.1, 0.15) is 12.5 Å². The zero-order valence-corrected chi connectivity index (χ0v) is 9.78. The van der Waals surface area contributed by atoms with Crippen LogP contribution in [0.15, 0.2) is 24.3 Å². The number of halogens is 1. The quantitative estimate of drug-likeness (QED) is 0.764. The maximum Gasteiger partial charge on any atom is 0.245 e. The van der Waals surface area contributed by atoms with E-state index in [0.717, 1.165) is 0 Å². The summed E-state index contributed by atoms with van der Waals surface area (Å²) >= 11 is 5.77. The molecule has 17 heavy (non-hydrogen) atoms. The van der Waals surface area contributed by atoms with Crippen molar-refractivity contribution in [1.82, 2.24) is 5.32 Å². The summed E-state index contributed by atoms with van der Waals surface area (Å²) in [6, 6.07) is 8.46. The van der Waals surface area contributed by atoms with Crippen LogP contribution in [-0.4, -0.2) is 11.8 Å². The Kier molecular flexibility index (Phi) is 2.64. The Hall–Kier alpha value is -1.86. The Morgan fingerprint density at radius 3 is 2.47 bits per heavy atom. The standard InChI is InChI=1S/C12H9ClN2O2/c1-12(7-2-4-8(13)5-3-7)9(6-14)10(16)15-11(12)17/h2-5,9H,1H3,(H,15,16,17). The summed E-state index contributed by atoms with van der Waals surface area (Å²) in [6.07, 6.45) is 0. The average molecular weight is 249 g/mol. The molecule has 0 saturated carbocycles. The predicted octanol–water partition coefficient (Wildman–Crippen LogP) is 1.39. The summed E-state index contributed by atoms with van der Waals surface area (Å²) in [5.74, 6) is -2.00. The van der Waals surface area contributed by atoms with Crippen LogP contribution in [0.2, 0.25) is 5.02 Å². The van der Waals surface area contributed by atoms with E-state index in [0.29, 0.717) is 10.6 Å². The number of rotatable bonds is 1. The number of amides is 2. The SMILES string of the molecule is CC1(c2ccc(Cl)cc2)C(=O)NC(=O)C1C#N. The summed E-state index contributed by atoms with van der Waals surface area (Å²) in [7, 11) is 0. The largest absolute Gasteiger partial charge is 0.294 e. The van der Waals surface area contributed by atoms with Crippen molar-refractivity contribution in [1.29, 1.82) is 5.26 Å². The molecule has 2 unspecified atom stereocenters. The molecular formula is C12H9ClN2O2. The third kappa shape index (κ3) is 1.60. The van der Waals surface area contributed by atoms with Crippen molar-refractivity contribution in [2.75, 3.05) is 0 Å². The number of nitrogens with zero attached hydrogens (tertiary/aromatic N) is 1. The number of nitriles is 1. The van der Waals surface area contributed by atoms with Gasteiger partial charge in [-0.1, -0.05) is 23.7 Å². The van der Waals surface area contributed by atoms with Crippen molar-refractivity contribution >= 4 is 23.4 Å². The third-order valence-corrected chi connectivity index (χ3v) is 3.37. The molecule has 0 aliphatic carbocycles. The smallest absolute Gasteiger partial charge is 0.245 e. The fourth-order valence-corrected chi connectivity index (χ4v) is 2.11. The summed E-state index contributed by atoms with van der Waals surface area (Å²) in [5, 5.41) is 11.7. The van der Waals surface area contributed by atoms with Gasteiger partial charge < -0.3 is 0 Å². The molecule has 86 valence electrons. The molecule has 5 heteroatoms. The van der Waals surface area contributed by atoms with E-state index in [2.05, 4.69) is 5.32 Å². The van der Waals surface area contributed by atoms with Crippen molar-refractivity contribution in [3.05, 3.63) is 34.9 Å². The number of nitrogens with one attached hydrogen (secondary N) is 1. The maximum atomic E-state index is 11.8. The molecule has 0 bridgehead atoms. The molecule has 1 aliphatic rings. The minimum Gasteiger partial charge on any atom is -0.294 e. The zero-order chi connectivity index (χ0) is 12.6. The van der Waals surface area contributed by atoms with Crippen LogP contribution in [0.25, 0.3) is 0 Å². The minimum atomic E-state index is -1.14. The van der Waals surface area contributed by atoms with Crippen molar-refractivity contribution in [3.8, 4) is 6.07 Å². The van der Waals surface area contributed by atoms with E-state index in [9.17, 15) is 9.59 Å². The molecular weight excluding hydrogens is 240 g/mol. The predicted molar refractivity (Wildman–Crippen MR) is 61.1 cm³/mol. The first-order chi connectivity index (χ1) is 8.00. The van der Waals surface area contributed by atoms with E-state index < -0.39 is 23.1 Å². The molecule has 1 fully saturated rings. The molecule has 1 aromatic carbocycles. The maximum absolute atomic E-state index is 11.8. The van der Waals surface area contributed by atoms with Gasteiger partial charge in [-0.3, -0.25) is 14.9 Å². The Morgan fingerprint density at radius 2 is 1.94 bits per heavy atom. The van der Waals surface area contributed by atoms with Crippen molar-refractivity contribution in [2.45, 2.75) is 12.3 Å². The van der Waals surface area contributed by atoms with E-state index in [4.69, 9.17) is 16.9 Å². The molecule has 2 rings (SSSR count). The lowest BCUT2D eigenvalue weighted by molar-refractivity contribution is -0.126. The molecule has 4 nitrogen and oxygen atoms in total. The van der Waals surface area contributed by atoms with E-state index in [-0.39, 0.29) is 0 Å². The number of carbonyl (C=O) groups is 2. The number of carbonyl (C=O) groups excluding carboxylic acids is 2. The van der Waals surface area contributed by atoms with Gasteiger partial charge in [-0.15, -0.1) is 0 Å². The van der Waals surface area contributed by atoms with Gasteiger partial charge in [0.1, 0.15) is 5.92 Å². The van der Waals surface area contributed by atoms with Crippen LogP contribution in [0.5, 0.6) is 0 Å². The van der Waals surface area contributed by atoms with Crippen LogP contribution in [0.4, 0.5) is 0 Å². The van der Waals surface area contributed by atoms with Gasteiger partial charge in [0.15, 0.2) is 0 Å². The molecule has 1 heterocycles. The van der Waals surface area contributed by atoms with Gasteiger partial charge in [-0.2, -0.15) is 5.26 Å². The second kappa shape index (κ2) is 3.86. The van der Waals surface area contributed by atoms with Crippen LogP contribution >= 0.6 is 11.6 Å². The molecule has 1 saturated heterocycles. The molecule has 1 aromatic rings. The topological polar surface area (TPSA) is 70.0 Å². The van der Waals surface area contributed by atoms with Crippen molar-refractivity contribution < 1.29 is 9.59 Å². The normalized spacial score (nSPS) is 27.7. The Balaban J connectivity index is 2.55. The average Bonchev–Trinajstić information content (AvgIpc) is 2.51. The van der Waals surface area contributed by atoms with E-state index >= 15 is 0 Å². The molecule has 1 N–H and O–H groups in total. The zero-order valence-electron chi connectivity index (χ0n) is 9.03. The summed E-state index contributed by atoms with van der Waals surface area (Å²) < 4.78 is 0. The van der Waals surface area contributed by atoms with Gasteiger partial charge in [0.25, 0.3) is 0 Å². The summed E-state index contributed by atoms with van der Waals surface area (Å²) in [6.45, 7) is 1.59. The number of hydrogen-bond acceptors (Lipinski definition) is 3. The van der Waals surface area contributed by atoms with Crippen LogP contribution < -0.4 is 5.32 Å². The monoisotopic (exact) mass is 248 g/mol. The van der Waals surface area contributed by atoms with Gasteiger partial charge in [0.05, 0.1) is 11.5 Å². The second-order valence-corrected chi connectivity index (χ2v) is 4.53. The fourth-order valence-electron chi connectivity index (χ4n) is 1.99. The first kappa shape index (κ1) is 11.6. The van der Waals surface area contributed by atoms with Crippen molar-refractivity contribution in [2.24, 2.45) is 5.92 Å². The lowest BCUT2D eigenvalue weighted by Gasteiger charge is -2.23. The molecule has 0 spiro atoms. The highest BCUT2D eigenvalue weighted by Crippen LogP contribution is 2.36. The van der Waals surface area contributed by atoms with Crippen LogP contribution in [-0.2, 0) is 15.0 Å². The number of benzene rings is 1. The van der Waals surface area contributed by atoms with Crippen LogP contribution in [0.3, 0.4) is 0 Å². The lowest BCUT2D eigenvalue weighted by atomic mass is 9.74. The Labute approximate surface area is 103 Å². The van der Waals surface area contributed by atoms with Gasteiger partial charge in [0.2, 0.25) is 11.8 Å². The van der Waals surface area contributed by atoms with Gasteiger partial charge in [-0.25, -0.2) is 0 Å².